The second-order valence-electron chi connectivity index (χ2n) is 7.29. The molecule has 3 N–H and O–H groups in total. The van der Waals surface area contributed by atoms with Crippen LogP contribution in [0.15, 0.2) is 0 Å². The van der Waals surface area contributed by atoms with Crippen LogP contribution in [-0.2, 0) is 28.5 Å². The quantitative estimate of drug-likeness (QED) is 0.246. The highest BCUT2D eigenvalue weighted by Gasteiger charge is 2.29. The van der Waals surface area contributed by atoms with Crippen molar-refractivity contribution in [3.63, 3.8) is 0 Å². The maximum Gasteiger partial charge on any atom is 0.361 e. The van der Waals surface area contributed by atoms with Gasteiger partial charge < -0.3 is 34.3 Å². The van der Waals surface area contributed by atoms with Gasteiger partial charge in [0.05, 0.1) is 25.4 Å². The summed E-state index contributed by atoms with van der Waals surface area (Å²) in [6.45, 7) is 7.01. The molecule has 0 bridgehead atoms. The van der Waals surface area contributed by atoms with Crippen LogP contribution in [0, 0.1) is 0 Å². The van der Waals surface area contributed by atoms with E-state index >= 15 is 0 Å². The fourth-order valence-electron chi connectivity index (χ4n) is 3.02. The van der Waals surface area contributed by atoms with Crippen molar-refractivity contribution in [2.45, 2.75) is 110 Å². The van der Waals surface area contributed by atoms with Gasteiger partial charge in [0.15, 0.2) is 0 Å². The molecule has 0 saturated carbocycles. The Hall–Kier alpha value is -1.26. The van der Waals surface area contributed by atoms with Crippen LogP contribution in [0.2, 0.25) is 0 Å². The molecular formula is C21H40O9. The van der Waals surface area contributed by atoms with Crippen molar-refractivity contribution in [2.24, 2.45) is 0 Å². The van der Waals surface area contributed by atoms with Crippen LogP contribution in [0.4, 0.5) is 0 Å². The molecule has 9 nitrogen and oxygen atoms in total. The van der Waals surface area contributed by atoms with Crippen LogP contribution in [-0.4, -0.2) is 71.4 Å². The van der Waals surface area contributed by atoms with Crippen LogP contribution >= 0.6 is 0 Å². The summed E-state index contributed by atoms with van der Waals surface area (Å²) >= 11 is 0. The molecule has 0 aromatic heterocycles. The summed E-state index contributed by atoms with van der Waals surface area (Å²) < 4.78 is 21.8. The highest BCUT2D eigenvalue weighted by Crippen LogP contribution is 2.16. The van der Waals surface area contributed by atoms with Crippen molar-refractivity contribution in [1.29, 1.82) is 0 Å². The fourth-order valence-corrected chi connectivity index (χ4v) is 3.02. The molecule has 0 aliphatic carbocycles. The van der Waals surface area contributed by atoms with E-state index in [9.17, 15) is 24.9 Å². The van der Waals surface area contributed by atoms with Gasteiger partial charge in [0, 0.05) is 0 Å². The van der Waals surface area contributed by atoms with Crippen LogP contribution in [0.25, 0.3) is 0 Å². The maximum atomic E-state index is 11.5. The summed E-state index contributed by atoms with van der Waals surface area (Å²) in [4.78, 5) is 23.0. The van der Waals surface area contributed by atoms with E-state index in [0.29, 0.717) is 25.7 Å². The number of hydrogen-bond donors (Lipinski definition) is 3. The zero-order valence-electron chi connectivity index (χ0n) is 18.7. The highest BCUT2D eigenvalue weighted by molar-refractivity contribution is 5.71. The SMILES string of the molecule is CCCC(CCC)OC(OCC(CO)OC(OC(CCC)CCC)C(=O)O)C(=O)O. The summed E-state index contributed by atoms with van der Waals surface area (Å²) in [5, 5.41) is 28.4. The summed E-state index contributed by atoms with van der Waals surface area (Å²) in [5.41, 5.74) is 0. The van der Waals surface area contributed by atoms with E-state index in [0.717, 1.165) is 25.7 Å². The van der Waals surface area contributed by atoms with Crippen molar-refractivity contribution >= 4 is 11.9 Å². The summed E-state index contributed by atoms with van der Waals surface area (Å²) in [5.74, 6) is -2.61. The molecule has 0 aromatic carbocycles. The molecule has 0 rings (SSSR count). The van der Waals surface area contributed by atoms with Gasteiger partial charge in [-0.15, -0.1) is 0 Å². The molecule has 3 unspecified atom stereocenters. The Balaban J connectivity index is 4.93. The van der Waals surface area contributed by atoms with Gasteiger partial charge in [0.25, 0.3) is 12.6 Å². The third-order valence-corrected chi connectivity index (χ3v) is 4.43. The standard InChI is InChI=1S/C21H40O9/c1-5-9-15(10-6-2)28-20(18(23)24)27-14-17(13-22)30-21(19(25)26)29-16(11-7-3)12-8-4/h15-17,20-22H,5-14H2,1-4H3,(H,23,24)(H,25,26). The number of hydrogen-bond acceptors (Lipinski definition) is 7. The fraction of sp³-hybridized carbons (Fsp3) is 0.905. The molecule has 9 heteroatoms. The van der Waals surface area contributed by atoms with E-state index in [-0.39, 0.29) is 18.8 Å². The molecule has 0 saturated heterocycles. The number of carbonyl (C=O) groups is 2. The first kappa shape index (κ1) is 28.7. The summed E-state index contributed by atoms with van der Waals surface area (Å²) in [6, 6.07) is 0. The third kappa shape index (κ3) is 12.4. The monoisotopic (exact) mass is 436 g/mol. The Morgan fingerprint density at radius 2 is 1.03 bits per heavy atom. The first-order valence-electron chi connectivity index (χ1n) is 11.0. The van der Waals surface area contributed by atoms with E-state index in [2.05, 4.69) is 0 Å². The van der Waals surface area contributed by atoms with Gasteiger partial charge in [-0.3, -0.25) is 0 Å². The van der Waals surface area contributed by atoms with Gasteiger partial charge in [0.2, 0.25) is 0 Å². The average molecular weight is 437 g/mol. The first-order valence-corrected chi connectivity index (χ1v) is 11.0. The van der Waals surface area contributed by atoms with Crippen molar-refractivity contribution < 1.29 is 43.9 Å². The van der Waals surface area contributed by atoms with Gasteiger partial charge in [-0.05, 0) is 25.7 Å². The van der Waals surface area contributed by atoms with Crippen LogP contribution in [0.3, 0.4) is 0 Å². The van der Waals surface area contributed by atoms with Crippen molar-refractivity contribution in [3.05, 3.63) is 0 Å². The van der Waals surface area contributed by atoms with Crippen LogP contribution < -0.4 is 0 Å². The lowest BCUT2D eigenvalue weighted by Gasteiger charge is -2.27. The minimum atomic E-state index is -1.58. The molecular weight excluding hydrogens is 396 g/mol. The predicted molar refractivity (Wildman–Crippen MR) is 110 cm³/mol. The van der Waals surface area contributed by atoms with E-state index in [1.165, 1.54) is 0 Å². The second kappa shape index (κ2) is 17.4. The smallest absolute Gasteiger partial charge is 0.361 e. The molecule has 0 fully saturated rings. The normalized spacial score (nSPS) is 14.8. The predicted octanol–water partition coefficient (Wildman–Crippen LogP) is 3.17. The van der Waals surface area contributed by atoms with Crippen LogP contribution in [0.5, 0.6) is 0 Å². The number of aliphatic hydroxyl groups excluding tert-OH is 1. The zero-order chi connectivity index (χ0) is 22.9. The minimum Gasteiger partial charge on any atom is -0.477 e. The number of rotatable bonds is 20. The van der Waals surface area contributed by atoms with Crippen molar-refractivity contribution in [3.8, 4) is 0 Å². The lowest BCUT2D eigenvalue weighted by Crippen LogP contribution is -2.40. The molecule has 178 valence electrons. The molecule has 0 radical (unpaired) electrons. The molecule has 0 heterocycles. The molecule has 0 amide bonds. The summed E-state index contributed by atoms with van der Waals surface area (Å²) in [6.07, 6.45) is 1.41. The second-order valence-corrected chi connectivity index (χ2v) is 7.29. The number of aliphatic hydroxyl groups is 1. The Bertz CT molecular complexity index is 446. The zero-order valence-corrected chi connectivity index (χ0v) is 18.7. The van der Waals surface area contributed by atoms with Gasteiger partial charge in [0.1, 0.15) is 6.10 Å². The lowest BCUT2D eigenvalue weighted by molar-refractivity contribution is -0.240. The van der Waals surface area contributed by atoms with Crippen LogP contribution in [0.1, 0.15) is 79.1 Å². The van der Waals surface area contributed by atoms with E-state index < -0.39 is 37.2 Å². The van der Waals surface area contributed by atoms with E-state index in [4.69, 9.17) is 18.9 Å². The number of ether oxygens (including phenoxy) is 4. The Labute approximate surface area is 179 Å². The van der Waals surface area contributed by atoms with Gasteiger partial charge >= 0.3 is 11.9 Å². The van der Waals surface area contributed by atoms with E-state index in [1.54, 1.807) is 0 Å². The average Bonchev–Trinajstić information content (AvgIpc) is 2.69. The number of carboxylic acid groups (broad SMARTS) is 2. The number of carboxylic acids is 2. The van der Waals surface area contributed by atoms with Crippen molar-refractivity contribution in [2.75, 3.05) is 13.2 Å². The maximum absolute atomic E-state index is 11.5. The molecule has 0 aliphatic rings. The minimum absolute atomic E-state index is 0.256. The van der Waals surface area contributed by atoms with Gasteiger partial charge in [-0.2, -0.15) is 0 Å². The van der Waals surface area contributed by atoms with Gasteiger partial charge in [-0.25, -0.2) is 9.59 Å². The molecule has 0 spiro atoms. The lowest BCUT2D eigenvalue weighted by atomic mass is 10.1. The molecule has 30 heavy (non-hydrogen) atoms. The Morgan fingerprint density at radius 3 is 1.37 bits per heavy atom. The molecule has 3 atom stereocenters. The summed E-state index contributed by atoms with van der Waals surface area (Å²) in [7, 11) is 0. The highest BCUT2D eigenvalue weighted by atomic mass is 16.7. The Kier molecular flexibility index (Phi) is 16.7. The number of aliphatic carboxylic acids is 2. The van der Waals surface area contributed by atoms with Crippen molar-refractivity contribution in [1.82, 2.24) is 0 Å². The topological polar surface area (TPSA) is 132 Å². The Morgan fingerprint density at radius 1 is 0.667 bits per heavy atom. The van der Waals surface area contributed by atoms with E-state index in [1.807, 2.05) is 27.7 Å². The van der Waals surface area contributed by atoms with Gasteiger partial charge in [-0.1, -0.05) is 53.4 Å². The molecule has 0 aromatic rings. The third-order valence-electron chi connectivity index (χ3n) is 4.43. The first-order chi connectivity index (χ1) is 14.3. The molecule has 0 aliphatic heterocycles. The largest absolute Gasteiger partial charge is 0.477 e.